The van der Waals surface area contributed by atoms with Crippen molar-refractivity contribution in [2.75, 3.05) is 26.2 Å². The second kappa shape index (κ2) is 6.01. The molecule has 0 bridgehead atoms. The van der Waals surface area contributed by atoms with Crippen LogP contribution in [0, 0.1) is 0 Å². The van der Waals surface area contributed by atoms with Crippen molar-refractivity contribution in [2.45, 2.75) is 19.3 Å². The third-order valence-corrected chi connectivity index (χ3v) is 3.70. The summed E-state index contributed by atoms with van der Waals surface area (Å²) in [5.74, 6) is 0.282. The van der Waals surface area contributed by atoms with E-state index in [1.807, 2.05) is 22.4 Å². The molecule has 3 nitrogen and oxygen atoms in total. The second-order valence-electron chi connectivity index (χ2n) is 4.09. The summed E-state index contributed by atoms with van der Waals surface area (Å²) in [6, 6.07) is 4.04. The average molecular weight is 238 g/mol. The highest BCUT2D eigenvalue weighted by molar-refractivity contribution is 7.10. The van der Waals surface area contributed by atoms with Gasteiger partial charge in [0.25, 0.3) is 0 Å². The molecule has 16 heavy (non-hydrogen) atoms. The number of hydrogen-bond donors (Lipinski definition) is 1. The van der Waals surface area contributed by atoms with Crippen molar-refractivity contribution in [1.29, 1.82) is 0 Å². The predicted octanol–water partition coefficient (Wildman–Crippen LogP) is 1.50. The van der Waals surface area contributed by atoms with E-state index in [9.17, 15) is 4.79 Å². The van der Waals surface area contributed by atoms with E-state index >= 15 is 0 Å². The van der Waals surface area contributed by atoms with Gasteiger partial charge in [0, 0.05) is 18.0 Å². The summed E-state index contributed by atoms with van der Waals surface area (Å²) in [7, 11) is 0. The summed E-state index contributed by atoms with van der Waals surface area (Å²) < 4.78 is 0. The first kappa shape index (κ1) is 11.6. The molecule has 1 aliphatic heterocycles. The maximum Gasteiger partial charge on any atom is 0.227 e. The van der Waals surface area contributed by atoms with Gasteiger partial charge < -0.3 is 10.2 Å². The third-order valence-electron chi connectivity index (χ3n) is 2.82. The lowest BCUT2D eigenvalue weighted by atomic mass is 10.2. The Balaban J connectivity index is 1.87. The van der Waals surface area contributed by atoms with Crippen molar-refractivity contribution in [3.63, 3.8) is 0 Å². The number of nitrogens with one attached hydrogen (secondary N) is 1. The first-order valence-corrected chi connectivity index (χ1v) is 6.75. The van der Waals surface area contributed by atoms with Crippen LogP contribution in [0.5, 0.6) is 0 Å². The molecule has 1 aliphatic rings. The van der Waals surface area contributed by atoms with Crippen molar-refractivity contribution >= 4 is 17.2 Å². The number of rotatable bonds is 2. The first-order chi connectivity index (χ1) is 7.86. The molecule has 0 aliphatic carbocycles. The molecule has 88 valence electrons. The Kier molecular flexibility index (Phi) is 4.36. The zero-order valence-electron chi connectivity index (χ0n) is 9.45. The van der Waals surface area contributed by atoms with Gasteiger partial charge in [0.1, 0.15) is 0 Å². The van der Waals surface area contributed by atoms with Crippen molar-refractivity contribution < 1.29 is 4.79 Å². The summed E-state index contributed by atoms with van der Waals surface area (Å²) in [5, 5.41) is 5.38. The van der Waals surface area contributed by atoms with E-state index in [-0.39, 0.29) is 5.91 Å². The molecule has 0 saturated carbocycles. The zero-order valence-corrected chi connectivity index (χ0v) is 10.3. The molecule has 0 aromatic carbocycles. The molecular weight excluding hydrogens is 220 g/mol. The van der Waals surface area contributed by atoms with Crippen LogP contribution in [0.15, 0.2) is 17.5 Å². The lowest BCUT2D eigenvalue weighted by Gasteiger charge is -2.25. The second-order valence-corrected chi connectivity index (χ2v) is 5.13. The minimum Gasteiger partial charge on any atom is -0.342 e. The Bertz CT molecular complexity index is 316. The molecule has 1 N–H and O–H groups in total. The molecule has 4 heteroatoms. The molecule has 2 rings (SSSR count). The van der Waals surface area contributed by atoms with Gasteiger partial charge in [0.2, 0.25) is 5.91 Å². The lowest BCUT2D eigenvalue weighted by molar-refractivity contribution is -0.130. The number of hydrogen-bond acceptors (Lipinski definition) is 3. The van der Waals surface area contributed by atoms with Crippen molar-refractivity contribution in [3.05, 3.63) is 22.4 Å². The van der Waals surface area contributed by atoms with Gasteiger partial charge >= 0.3 is 0 Å². The standard InChI is InChI=1S/C12H18N2OS/c15-12(10-11-4-1-9-16-11)14-7-2-5-13-6-3-8-14/h1,4,9,13H,2-3,5-8,10H2. The molecule has 0 spiro atoms. The van der Waals surface area contributed by atoms with Gasteiger partial charge in [-0.3, -0.25) is 4.79 Å². The molecule has 0 atom stereocenters. The van der Waals surface area contributed by atoms with E-state index in [0.717, 1.165) is 39.0 Å². The largest absolute Gasteiger partial charge is 0.342 e. The van der Waals surface area contributed by atoms with E-state index in [2.05, 4.69) is 5.32 Å². The van der Waals surface area contributed by atoms with Crippen LogP contribution in [0.25, 0.3) is 0 Å². The summed E-state index contributed by atoms with van der Waals surface area (Å²) in [6.45, 7) is 3.86. The Hall–Kier alpha value is -0.870. The van der Waals surface area contributed by atoms with Crippen LogP contribution >= 0.6 is 11.3 Å². The summed E-state index contributed by atoms with van der Waals surface area (Å²) in [5.41, 5.74) is 0. The highest BCUT2D eigenvalue weighted by Gasteiger charge is 2.14. The fourth-order valence-corrected chi connectivity index (χ4v) is 2.65. The van der Waals surface area contributed by atoms with Crippen LogP contribution in [0.2, 0.25) is 0 Å². The Morgan fingerprint density at radius 2 is 2.12 bits per heavy atom. The van der Waals surface area contributed by atoms with Gasteiger partial charge in [-0.15, -0.1) is 11.3 Å². The third kappa shape index (κ3) is 3.32. The van der Waals surface area contributed by atoms with Crippen LogP contribution < -0.4 is 5.32 Å². The maximum absolute atomic E-state index is 12.0. The van der Waals surface area contributed by atoms with Gasteiger partial charge in [-0.05, 0) is 37.4 Å². The van der Waals surface area contributed by atoms with E-state index in [1.54, 1.807) is 11.3 Å². The number of thiophene rings is 1. The molecule has 1 aromatic heterocycles. The van der Waals surface area contributed by atoms with Gasteiger partial charge in [0.05, 0.1) is 6.42 Å². The van der Waals surface area contributed by atoms with Crippen molar-refractivity contribution in [2.24, 2.45) is 0 Å². The minimum atomic E-state index is 0.282. The highest BCUT2D eigenvalue weighted by atomic mass is 32.1. The molecule has 1 fully saturated rings. The molecule has 1 saturated heterocycles. The summed E-state index contributed by atoms with van der Waals surface area (Å²) >= 11 is 1.66. The van der Waals surface area contributed by atoms with E-state index in [0.29, 0.717) is 6.42 Å². The Labute approximate surface area is 100 Å². The normalized spacial score (nSPS) is 17.9. The lowest BCUT2D eigenvalue weighted by Crippen LogP contribution is -2.38. The van der Waals surface area contributed by atoms with E-state index in [1.165, 1.54) is 4.88 Å². The number of carbonyl (C=O) groups is 1. The minimum absolute atomic E-state index is 0.282. The molecule has 1 amide bonds. The van der Waals surface area contributed by atoms with Crippen molar-refractivity contribution in [1.82, 2.24) is 10.2 Å². The van der Waals surface area contributed by atoms with Crippen LogP contribution in [0.1, 0.15) is 17.7 Å². The fraction of sp³-hybridized carbons (Fsp3) is 0.583. The number of nitrogens with zero attached hydrogens (tertiary/aromatic N) is 1. The molecule has 0 unspecified atom stereocenters. The smallest absolute Gasteiger partial charge is 0.227 e. The summed E-state index contributed by atoms with van der Waals surface area (Å²) in [4.78, 5) is 15.2. The van der Waals surface area contributed by atoms with Crippen LogP contribution in [0.3, 0.4) is 0 Å². The monoisotopic (exact) mass is 238 g/mol. The predicted molar refractivity (Wildman–Crippen MR) is 66.7 cm³/mol. The first-order valence-electron chi connectivity index (χ1n) is 5.87. The van der Waals surface area contributed by atoms with Crippen molar-refractivity contribution in [3.8, 4) is 0 Å². The molecule has 1 aromatic rings. The maximum atomic E-state index is 12.0. The van der Waals surface area contributed by atoms with Crippen LogP contribution in [-0.2, 0) is 11.2 Å². The molecule has 0 radical (unpaired) electrons. The van der Waals surface area contributed by atoms with Gasteiger partial charge in [-0.1, -0.05) is 6.07 Å². The molecule has 2 heterocycles. The average Bonchev–Trinajstić information content (AvgIpc) is 2.69. The van der Waals surface area contributed by atoms with Gasteiger partial charge in [-0.2, -0.15) is 0 Å². The van der Waals surface area contributed by atoms with E-state index in [4.69, 9.17) is 0 Å². The SMILES string of the molecule is O=C(Cc1cccs1)N1CCCNCCC1. The number of carbonyl (C=O) groups excluding carboxylic acids is 1. The quantitative estimate of drug-likeness (QED) is 0.847. The van der Waals surface area contributed by atoms with E-state index < -0.39 is 0 Å². The molecular formula is C12H18N2OS. The van der Waals surface area contributed by atoms with Crippen LogP contribution in [0.4, 0.5) is 0 Å². The van der Waals surface area contributed by atoms with Crippen LogP contribution in [-0.4, -0.2) is 37.0 Å². The summed E-state index contributed by atoms with van der Waals surface area (Å²) in [6.07, 6.45) is 2.71. The fourth-order valence-electron chi connectivity index (χ4n) is 1.95. The Morgan fingerprint density at radius 1 is 1.38 bits per heavy atom. The zero-order chi connectivity index (χ0) is 11.2. The van der Waals surface area contributed by atoms with Gasteiger partial charge in [0.15, 0.2) is 0 Å². The van der Waals surface area contributed by atoms with Gasteiger partial charge in [-0.25, -0.2) is 0 Å². The topological polar surface area (TPSA) is 32.3 Å². The number of amides is 1. The highest BCUT2D eigenvalue weighted by Crippen LogP contribution is 2.11. The Morgan fingerprint density at radius 3 is 2.75 bits per heavy atom.